The third-order valence-electron chi connectivity index (χ3n) is 2.52. The van der Waals surface area contributed by atoms with Crippen molar-refractivity contribution < 1.29 is 0 Å². The lowest BCUT2D eigenvalue weighted by molar-refractivity contribution is 0.293. The van der Waals surface area contributed by atoms with Crippen LogP contribution in [0.3, 0.4) is 0 Å². The number of hydrogen-bond acceptors (Lipinski definition) is 1. The Morgan fingerprint density at radius 2 is 2.00 bits per heavy atom. The lowest BCUT2D eigenvalue weighted by Gasteiger charge is -2.19. The quantitative estimate of drug-likeness (QED) is 0.547. The van der Waals surface area contributed by atoms with Crippen LogP contribution in [-0.2, 0) is 0 Å². The molecular weight excluding hydrogens is 182 g/mol. The van der Waals surface area contributed by atoms with E-state index in [0.717, 1.165) is 19.5 Å². The summed E-state index contributed by atoms with van der Waals surface area (Å²) < 4.78 is 0. The molecule has 0 atom stereocenters. The second-order valence-corrected chi connectivity index (χ2v) is 3.64. The zero-order chi connectivity index (χ0) is 11.5. The van der Waals surface area contributed by atoms with Crippen molar-refractivity contribution >= 4 is 0 Å². The van der Waals surface area contributed by atoms with E-state index in [1.807, 2.05) is 12.2 Å². The number of rotatable bonds is 8. The van der Waals surface area contributed by atoms with Crippen LogP contribution in [0.15, 0.2) is 36.5 Å². The van der Waals surface area contributed by atoms with E-state index in [1.54, 1.807) is 0 Å². The zero-order valence-corrected chi connectivity index (χ0v) is 10.5. The maximum atomic E-state index is 3.68. The normalized spacial score (nSPS) is 12.7. The van der Waals surface area contributed by atoms with Gasteiger partial charge < -0.3 is 4.90 Å². The first-order chi connectivity index (χ1) is 7.28. The first kappa shape index (κ1) is 14.2. The molecule has 0 radical (unpaired) electrons. The number of nitrogens with zero attached hydrogens (tertiary/aromatic N) is 1. The van der Waals surface area contributed by atoms with Crippen LogP contribution >= 0.6 is 0 Å². The van der Waals surface area contributed by atoms with Crippen molar-refractivity contribution in [3.8, 4) is 0 Å². The van der Waals surface area contributed by atoms with Gasteiger partial charge in [0, 0.05) is 6.54 Å². The third-order valence-corrected chi connectivity index (χ3v) is 2.52. The minimum atomic E-state index is 1.13. The van der Waals surface area contributed by atoms with E-state index in [0.29, 0.717) is 0 Å². The van der Waals surface area contributed by atoms with Gasteiger partial charge in [-0.1, -0.05) is 50.3 Å². The summed E-state index contributed by atoms with van der Waals surface area (Å²) in [5.41, 5.74) is 1.39. The molecule has 0 N–H and O–H groups in total. The molecule has 86 valence electrons. The van der Waals surface area contributed by atoms with Crippen molar-refractivity contribution in [2.24, 2.45) is 0 Å². The van der Waals surface area contributed by atoms with E-state index >= 15 is 0 Å². The van der Waals surface area contributed by atoms with Gasteiger partial charge in [0.2, 0.25) is 0 Å². The fourth-order valence-electron chi connectivity index (χ4n) is 1.55. The van der Waals surface area contributed by atoms with Crippen molar-refractivity contribution in [1.82, 2.24) is 4.90 Å². The molecule has 0 saturated heterocycles. The molecule has 0 rings (SSSR count). The lowest BCUT2D eigenvalue weighted by atomic mass is 10.1. The smallest absolute Gasteiger partial charge is 0.00216 e. The molecule has 0 spiro atoms. The van der Waals surface area contributed by atoms with Crippen LogP contribution in [0.5, 0.6) is 0 Å². The molecule has 0 fully saturated rings. The van der Waals surface area contributed by atoms with Gasteiger partial charge >= 0.3 is 0 Å². The Bertz CT molecular complexity index is 213. The highest BCUT2D eigenvalue weighted by Gasteiger charge is 2.00. The molecule has 0 aromatic carbocycles. The van der Waals surface area contributed by atoms with Gasteiger partial charge in [0.1, 0.15) is 0 Å². The predicted molar refractivity (Wildman–Crippen MR) is 70.1 cm³/mol. The maximum absolute atomic E-state index is 3.68. The molecule has 0 aliphatic heterocycles. The molecule has 0 unspecified atom stereocenters. The summed E-state index contributed by atoms with van der Waals surface area (Å²) >= 11 is 0. The van der Waals surface area contributed by atoms with E-state index in [1.165, 1.54) is 18.5 Å². The van der Waals surface area contributed by atoms with E-state index in [-0.39, 0.29) is 0 Å². The van der Waals surface area contributed by atoms with Crippen LogP contribution < -0.4 is 0 Å². The van der Waals surface area contributed by atoms with E-state index in [2.05, 4.69) is 44.4 Å². The second kappa shape index (κ2) is 9.72. The first-order valence-electron chi connectivity index (χ1n) is 5.95. The van der Waals surface area contributed by atoms with Crippen LogP contribution in [0.1, 0.15) is 33.6 Å². The van der Waals surface area contributed by atoms with Gasteiger partial charge in [0.05, 0.1) is 0 Å². The zero-order valence-electron chi connectivity index (χ0n) is 10.5. The summed E-state index contributed by atoms with van der Waals surface area (Å²) in [5, 5.41) is 0. The van der Waals surface area contributed by atoms with Crippen molar-refractivity contribution in [2.45, 2.75) is 33.6 Å². The average Bonchev–Trinajstić information content (AvgIpc) is 2.27. The maximum Gasteiger partial charge on any atom is 0.00216 e. The topological polar surface area (TPSA) is 3.24 Å². The summed E-state index contributed by atoms with van der Waals surface area (Å²) in [6.07, 6.45) is 10.5. The predicted octanol–water partition coefficient (Wildman–Crippen LogP) is 3.80. The Labute approximate surface area is 95.2 Å². The minimum absolute atomic E-state index is 1.13. The largest absolute Gasteiger partial charge is 0.303 e. The number of allylic oxidation sites excluding steroid dienone is 4. The summed E-state index contributed by atoms with van der Waals surface area (Å²) in [4.78, 5) is 2.49. The monoisotopic (exact) mass is 207 g/mol. The Morgan fingerprint density at radius 1 is 1.27 bits per heavy atom. The molecule has 0 aromatic heterocycles. The molecule has 0 aliphatic carbocycles. The fourth-order valence-corrected chi connectivity index (χ4v) is 1.55. The van der Waals surface area contributed by atoms with Gasteiger partial charge in [-0.3, -0.25) is 0 Å². The van der Waals surface area contributed by atoms with E-state index in [9.17, 15) is 0 Å². The molecule has 1 nitrogen and oxygen atoms in total. The van der Waals surface area contributed by atoms with Gasteiger partial charge in [-0.15, -0.1) is 0 Å². The molecule has 0 amide bonds. The van der Waals surface area contributed by atoms with Gasteiger partial charge in [0.25, 0.3) is 0 Å². The van der Waals surface area contributed by atoms with Gasteiger partial charge in [-0.25, -0.2) is 0 Å². The lowest BCUT2D eigenvalue weighted by Crippen LogP contribution is -2.25. The summed E-state index contributed by atoms with van der Waals surface area (Å²) in [6, 6.07) is 0. The average molecular weight is 207 g/mol. The van der Waals surface area contributed by atoms with Crippen molar-refractivity contribution in [3.63, 3.8) is 0 Å². The summed E-state index contributed by atoms with van der Waals surface area (Å²) in [5.74, 6) is 0. The second-order valence-electron chi connectivity index (χ2n) is 3.64. The Balaban J connectivity index is 3.98. The Kier molecular flexibility index (Phi) is 9.19. The van der Waals surface area contributed by atoms with Crippen LogP contribution in [0, 0.1) is 0 Å². The minimum Gasteiger partial charge on any atom is -0.303 e. The summed E-state index contributed by atoms with van der Waals surface area (Å²) in [7, 11) is 0. The van der Waals surface area contributed by atoms with Gasteiger partial charge in [-0.05, 0) is 32.9 Å². The highest BCUT2D eigenvalue weighted by molar-refractivity contribution is 5.21. The van der Waals surface area contributed by atoms with Crippen molar-refractivity contribution in [1.29, 1.82) is 0 Å². The Hall–Kier alpha value is -0.820. The van der Waals surface area contributed by atoms with Crippen LogP contribution in [0.4, 0.5) is 0 Å². The van der Waals surface area contributed by atoms with Gasteiger partial charge in [0.15, 0.2) is 0 Å². The van der Waals surface area contributed by atoms with E-state index in [4.69, 9.17) is 0 Å². The molecule has 0 saturated carbocycles. The molecule has 1 heteroatoms. The molecule has 0 aromatic rings. The molecule has 15 heavy (non-hydrogen) atoms. The van der Waals surface area contributed by atoms with Crippen molar-refractivity contribution in [2.75, 3.05) is 19.6 Å². The molecule has 0 bridgehead atoms. The van der Waals surface area contributed by atoms with Crippen LogP contribution in [0.2, 0.25) is 0 Å². The number of hydrogen-bond donors (Lipinski definition) is 0. The molecular formula is C14H25N. The molecule has 0 aliphatic rings. The Morgan fingerprint density at radius 3 is 2.47 bits per heavy atom. The third kappa shape index (κ3) is 7.15. The SMILES string of the molecule is C=C/C=C\C(=C/C)CCN(CC)CCC. The van der Waals surface area contributed by atoms with Crippen LogP contribution in [-0.4, -0.2) is 24.5 Å². The highest BCUT2D eigenvalue weighted by Crippen LogP contribution is 2.05. The van der Waals surface area contributed by atoms with Crippen LogP contribution in [0.25, 0.3) is 0 Å². The highest BCUT2D eigenvalue weighted by atomic mass is 15.1. The first-order valence-corrected chi connectivity index (χ1v) is 5.95. The standard InChI is InChI=1S/C14H25N/c1-5-9-10-14(7-3)11-13-15(8-4)12-6-2/h5,7,9-10H,1,6,8,11-13H2,2-4H3/b10-9-,14-7+. The van der Waals surface area contributed by atoms with Gasteiger partial charge in [-0.2, -0.15) is 0 Å². The fraction of sp³-hybridized carbons (Fsp3) is 0.571. The van der Waals surface area contributed by atoms with E-state index < -0.39 is 0 Å². The molecule has 0 heterocycles. The van der Waals surface area contributed by atoms with Crippen molar-refractivity contribution in [3.05, 3.63) is 36.5 Å². The summed E-state index contributed by atoms with van der Waals surface area (Å²) in [6.45, 7) is 13.8.